The Bertz CT molecular complexity index is 831. The van der Waals surface area contributed by atoms with Gasteiger partial charge in [-0.15, -0.1) is 24.0 Å². The Kier molecular flexibility index (Phi) is 7.58. The van der Waals surface area contributed by atoms with E-state index in [0.717, 1.165) is 23.4 Å². The van der Waals surface area contributed by atoms with Crippen molar-refractivity contribution in [2.24, 2.45) is 10.7 Å². The van der Waals surface area contributed by atoms with Crippen LogP contribution in [-0.2, 0) is 13.0 Å². The molecule has 6 nitrogen and oxygen atoms in total. The maximum Gasteiger partial charge on any atom is 0.216 e. The molecule has 3 aromatic rings. The van der Waals surface area contributed by atoms with Crippen LogP contribution in [0.4, 0.5) is 0 Å². The second-order valence-electron chi connectivity index (χ2n) is 5.68. The van der Waals surface area contributed by atoms with Crippen LogP contribution in [0.25, 0.3) is 11.3 Å². The number of rotatable bonds is 6. The highest BCUT2D eigenvalue weighted by atomic mass is 127. The van der Waals surface area contributed by atoms with Crippen LogP contribution in [0.3, 0.4) is 0 Å². The molecule has 2 aromatic heterocycles. The van der Waals surface area contributed by atoms with Crippen LogP contribution in [-0.4, -0.2) is 22.5 Å². The molecule has 0 aliphatic rings. The molecule has 0 unspecified atom stereocenters. The minimum Gasteiger partial charge on any atom is -0.439 e. The van der Waals surface area contributed by atoms with Crippen molar-refractivity contribution in [1.82, 2.24) is 15.3 Å². The van der Waals surface area contributed by atoms with Gasteiger partial charge in [0.05, 0.1) is 6.20 Å². The number of aryl methyl sites for hydroxylation is 1. The quantitative estimate of drug-likeness (QED) is 0.333. The van der Waals surface area contributed by atoms with Gasteiger partial charge in [-0.2, -0.15) is 0 Å². The molecule has 3 rings (SSSR count). The van der Waals surface area contributed by atoms with Gasteiger partial charge in [0.2, 0.25) is 5.89 Å². The lowest BCUT2D eigenvalue weighted by Crippen LogP contribution is -2.33. The van der Waals surface area contributed by atoms with Crippen molar-refractivity contribution in [1.29, 1.82) is 0 Å². The third-order valence-electron chi connectivity index (χ3n) is 3.69. The number of hydrogen-bond donors (Lipinski definition) is 2. The van der Waals surface area contributed by atoms with Crippen molar-refractivity contribution in [3.8, 4) is 11.3 Å². The molecule has 0 saturated carbocycles. The van der Waals surface area contributed by atoms with Gasteiger partial charge in [0, 0.05) is 30.4 Å². The predicted octanol–water partition coefficient (Wildman–Crippen LogP) is 3.31. The molecular formula is C19H22IN5O. The van der Waals surface area contributed by atoms with Crippen LogP contribution in [0, 0.1) is 6.92 Å². The van der Waals surface area contributed by atoms with Gasteiger partial charge in [0.15, 0.2) is 11.7 Å². The summed E-state index contributed by atoms with van der Waals surface area (Å²) >= 11 is 0. The predicted molar refractivity (Wildman–Crippen MR) is 113 cm³/mol. The fourth-order valence-electron chi connectivity index (χ4n) is 2.31. The number of nitrogens with two attached hydrogens (primary N) is 1. The van der Waals surface area contributed by atoms with Gasteiger partial charge in [-0.3, -0.25) is 4.98 Å². The Morgan fingerprint density at radius 2 is 1.96 bits per heavy atom. The molecule has 0 bridgehead atoms. The molecular weight excluding hydrogens is 441 g/mol. The summed E-state index contributed by atoms with van der Waals surface area (Å²) in [4.78, 5) is 12.8. The van der Waals surface area contributed by atoms with Crippen LogP contribution < -0.4 is 11.1 Å². The lowest BCUT2D eigenvalue weighted by molar-refractivity contribution is 0.509. The van der Waals surface area contributed by atoms with Crippen molar-refractivity contribution in [2.75, 3.05) is 6.54 Å². The SMILES string of the molecule is Cc1ccc(-c2cnc(CN=C(N)NCCc3ccccn3)o2)cc1.I. The van der Waals surface area contributed by atoms with E-state index in [1.54, 1.807) is 12.4 Å². The summed E-state index contributed by atoms with van der Waals surface area (Å²) in [5.74, 6) is 1.63. The molecule has 7 heteroatoms. The normalized spacial score (nSPS) is 11.0. The summed E-state index contributed by atoms with van der Waals surface area (Å²) in [6, 6.07) is 13.9. The minimum atomic E-state index is 0. The number of guanidine groups is 1. The van der Waals surface area contributed by atoms with E-state index in [2.05, 4.69) is 20.3 Å². The first-order valence-corrected chi connectivity index (χ1v) is 8.16. The van der Waals surface area contributed by atoms with Crippen molar-refractivity contribution in [3.05, 3.63) is 72.0 Å². The van der Waals surface area contributed by atoms with Crippen molar-refractivity contribution < 1.29 is 4.42 Å². The smallest absolute Gasteiger partial charge is 0.216 e. The molecule has 0 atom stereocenters. The third kappa shape index (κ3) is 5.83. The van der Waals surface area contributed by atoms with E-state index in [4.69, 9.17) is 10.2 Å². The van der Waals surface area contributed by atoms with Gasteiger partial charge < -0.3 is 15.5 Å². The van der Waals surface area contributed by atoms with Crippen molar-refractivity contribution >= 4 is 29.9 Å². The first-order chi connectivity index (χ1) is 12.2. The average Bonchev–Trinajstić information content (AvgIpc) is 3.10. The summed E-state index contributed by atoms with van der Waals surface area (Å²) in [5, 5.41) is 3.06. The third-order valence-corrected chi connectivity index (χ3v) is 3.69. The van der Waals surface area contributed by atoms with Crippen molar-refractivity contribution in [3.63, 3.8) is 0 Å². The van der Waals surface area contributed by atoms with E-state index in [0.29, 0.717) is 24.9 Å². The summed E-state index contributed by atoms with van der Waals surface area (Å²) in [6.45, 7) is 3.02. The van der Waals surface area contributed by atoms with E-state index in [-0.39, 0.29) is 24.0 Å². The lowest BCUT2D eigenvalue weighted by atomic mass is 10.1. The zero-order chi connectivity index (χ0) is 17.5. The molecule has 0 saturated heterocycles. The van der Waals surface area contributed by atoms with Crippen LogP contribution in [0.5, 0.6) is 0 Å². The zero-order valence-electron chi connectivity index (χ0n) is 14.6. The topological polar surface area (TPSA) is 89.3 Å². The number of pyridine rings is 1. The largest absolute Gasteiger partial charge is 0.439 e. The van der Waals surface area contributed by atoms with E-state index in [1.807, 2.05) is 49.4 Å². The van der Waals surface area contributed by atoms with Gasteiger partial charge in [-0.05, 0) is 19.1 Å². The molecule has 1 aromatic carbocycles. The zero-order valence-corrected chi connectivity index (χ0v) is 16.9. The Hall–Kier alpha value is -2.42. The highest BCUT2D eigenvalue weighted by Crippen LogP contribution is 2.20. The van der Waals surface area contributed by atoms with E-state index in [9.17, 15) is 0 Å². The second kappa shape index (κ2) is 9.91. The number of hydrogen-bond acceptors (Lipinski definition) is 4. The number of nitrogens with zero attached hydrogens (tertiary/aromatic N) is 3. The Morgan fingerprint density at radius 1 is 1.15 bits per heavy atom. The molecule has 2 heterocycles. The number of aromatic nitrogens is 2. The van der Waals surface area contributed by atoms with Gasteiger partial charge in [0.25, 0.3) is 0 Å². The number of halogens is 1. The molecule has 3 N–H and O–H groups in total. The second-order valence-corrected chi connectivity index (χ2v) is 5.68. The molecule has 136 valence electrons. The fraction of sp³-hybridized carbons (Fsp3) is 0.211. The summed E-state index contributed by atoms with van der Waals surface area (Å²) < 4.78 is 5.72. The van der Waals surface area contributed by atoms with Gasteiger partial charge in [0.1, 0.15) is 6.54 Å². The Balaban J connectivity index is 0.00000243. The van der Waals surface area contributed by atoms with Crippen molar-refractivity contribution in [2.45, 2.75) is 19.9 Å². The Morgan fingerprint density at radius 3 is 2.69 bits per heavy atom. The summed E-state index contributed by atoms with van der Waals surface area (Å²) in [5.41, 5.74) is 9.08. The maximum atomic E-state index is 5.87. The molecule has 26 heavy (non-hydrogen) atoms. The van der Waals surface area contributed by atoms with Gasteiger partial charge in [-0.25, -0.2) is 9.98 Å². The minimum absolute atomic E-state index is 0. The first-order valence-electron chi connectivity index (χ1n) is 8.16. The monoisotopic (exact) mass is 463 g/mol. The molecule has 0 radical (unpaired) electrons. The Labute approximate surface area is 170 Å². The summed E-state index contributed by atoms with van der Waals surface area (Å²) in [6.07, 6.45) is 4.27. The number of nitrogens with one attached hydrogen (secondary N) is 1. The molecule has 0 aliphatic carbocycles. The van der Waals surface area contributed by atoms with Crippen LogP contribution in [0.15, 0.2) is 64.3 Å². The van der Waals surface area contributed by atoms with Gasteiger partial charge in [-0.1, -0.05) is 35.9 Å². The van der Waals surface area contributed by atoms with Crippen LogP contribution >= 0.6 is 24.0 Å². The van der Waals surface area contributed by atoms with E-state index >= 15 is 0 Å². The number of oxazole rings is 1. The molecule has 0 aliphatic heterocycles. The highest BCUT2D eigenvalue weighted by Gasteiger charge is 2.06. The number of aliphatic imine (C=N–C) groups is 1. The fourth-order valence-corrected chi connectivity index (χ4v) is 2.31. The summed E-state index contributed by atoms with van der Waals surface area (Å²) in [7, 11) is 0. The molecule has 0 amide bonds. The highest BCUT2D eigenvalue weighted by molar-refractivity contribution is 14.0. The lowest BCUT2D eigenvalue weighted by Gasteiger charge is -2.04. The van der Waals surface area contributed by atoms with Crippen LogP contribution in [0.1, 0.15) is 17.1 Å². The van der Waals surface area contributed by atoms with Crippen LogP contribution in [0.2, 0.25) is 0 Å². The van der Waals surface area contributed by atoms with Gasteiger partial charge >= 0.3 is 0 Å². The number of benzene rings is 1. The molecule has 0 fully saturated rings. The maximum absolute atomic E-state index is 5.87. The standard InChI is InChI=1S/C19H21N5O.HI/c1-14-5-7-15(8-6-14)17-12-23-18(25-17)13-24-19(20)22-11-9-16-4-2-3-10-21-16;/h2-8,10,12H,9,11,13H2,1H3,(H3,20,22,24);1H. The molecule has 0 spiro atoms. The van der Waals surface area contributed by atoms with E-state index in [1.165, 1.54) is 5.56 Å². The first kappa shape index (κ1) is 19.9. The average molecular weight is 463 g/mol. The van der Waals surface area contributed by atoms with E-state index < -0.39 is 0 Å².